The van der Waals surface area contributed by atoms with Gasteiger partial charge in [0.25, 0.3) is 0 Å². The zero-order valence-corrected chi connectivity index (χ0v) is 6.27. The van der Waals surface area contributed by atoms with Crippen molar-refractivity contribution in [2.75, 3.05) is 0 Å². The first-order valence-corrected chi connectivity index (χ1v) is 3.08. The zero-order valence-electron chi connectivity index (χ0n) is 9.68. The van der Waals surface area contributed by atoms with Gasteiger partial charge in [0.15, 0.2) is 11.6 Å². The van der Waals surface area contributed by atoms with Gasteiger partial charge in [0.05, 0.1) is 7.21 Å². The Hall–Kier alpha value is -0.770. The van der Waals surface area contributed by atoms with Crippen LogP contribution in [-0.2, 0) is 0 Å². The predicted molar refractivity (Wildman–Crippen MR) is 39.7 cm³/mol. The molecule has 4 heteroatoms. The first kappa shape index (κ1) is 3.09. The summed E-state index contributed by atoms with van der Waals surface area (Å²) < 4.78 is 35.0. The van der Waals surface area contributed by atoms with Crippen LogP contribution in [-0.4, -0.2) is 15.8 Å². The number of nitrogens with zero attached hydrogens (tertiary/aromatic N) is 2. The molecule has 10 heavy (non-hydrogen) atoms. The molecule has 1 aromatic heterocycles. The monoisotopic (exact) mass is 205 g/mol. The highest BCUT2D eigenvalue weighted by Crippen LogP contribution is 2.04. The van der Waals surface area contributed by atoms with Crippen LogP contribution in [0.25, 0.3) is 0 Å². The van der Waals surface area contributed by atoms with E-state index in [9.17, 15) is 4.79 Å². The molecule has 0 radical (unpaired) electrons. The SMILES string of the molecule is [2H]c1nc(C(=O)C([2H])([2H])[2H])nc([2H])c1Br. The Kier molecular flexibility index (Phi) is 0.888. The Balaban J connectivity index is 3.24. The second-order valence-electron chi connectivity index (χ2n) is 1.41. The highest BCUT2D eigenvalue weighted by molar-refractivity contribution is 9.10. The summed E-state index contributed by atoms with van der Waals surface area (Å²) in [5.41, 5.74) is 0. The van der Waals surface area contributed by atoms with Crippen LogP contribution >= 0.6 is 15.9 Å². The molecule has 0 atom stereocenters. The topological polar surface area (TPSA) is 42.9 Å². The first-order valence-electron chi connectivity index (χ1n) is 4.79. The minimum Gasteiger partial charge on any atom is -0.291 e. The maximum Gasteiger partial charge on any atom is 0.196 e. The van der Waals surface area contributed by atoms with Crippen LogP contribution in [0.3, 0.4) is 0 Å². The lowest BCUT2D eigenvalue weighted by molar-refractivity contribution is 0.100. The van der Waals surface area contributed by atoms with Crippen molar-refractivity contribution in [1.29, 1.82) is 0 Å². The average molecular weight is 206 g/mol. The Bertz CT molecular complexity index is 395. The fourth-order valence-electron chi connectivity index (χ4n) is 0.356. The molecule has 0 aliphatic heterocycles. The maximum absolute atomic E-state index is 11.2. The van der Waals surface area contributed by atoms with Crippen molar-refractivity contribution in [3.05, 3.63) is 22.6 Å². The Labute approximate surface area is 73.7 Å². The van der Waals surface area contributed by atoms with Crippen LogP contribution in [0.5, 0.6) is 0 Å². The minimum atomic E-state index is -2.85. The standard InChI is InChI=1S/C6H5BrN2O/c1-4(10)6-8-2-5(7)3-9-6/h2-3H,1H3/i1D3,2D,3D. The summed E-state index contributed by atoms with van der Waals surface area (Å²) >= 11 is 2.86. The van der Waals surface area contributed by atoms with Crippen molar-refractivity contribution >= 4 is 21.7 Å². The van der Waals surface area contributed by atoms with Gasteiger partial charge in [-0.3, -0.25) is 4.79 Å². The van der Waals surface area contributed by atoms with Gasteiger partial charge >= 0.3 is 0 Å². The van der Waals surface area contributed by atoms with E-state index in [1.54, 1.807) is 0 Å². The van der Waals surface area contributed by atoms with Gasteiger partial charge < -0.3 is 0 Å². The molecular formula is C6H5BrN2O. The second kappa shape index (κ2) is 2.88. The summed E-state index contributed by atoms with van der Waals surface area (Å²) in [6.45, 7) is -2.85. The van der Waals surface area contributed by atoms with Crippen molar-refractivity contribution in [2.45, 2.75) is 6.85 Å². The van der Waals surface area contributed by atoms with Gasteiger partial charge in [0, 0.05) is 23.3 Å². The molecule has 0 aromatic carbocycles. The Morgan fingerprint density at radius 2 is 2.40 bits per heavy atom. The van der Waals surface area contributed by atoms with Gasteiger partial charge in [-0.1, -0.05) is 0 Å². The highest BCUT2D eigenvalue weighted by atomic mass is 79.9. The average Bonchev–Trinajstić information content (AvgIpc) is 2.10. The molecule has 0 aliphatic rings. The van der Waals surface area contributed by atoms with E-state index in [2.05, 4.69) is 25.9 Å². The molecule has 52 valence electrons. The molecule has 3 nitrogen and oxygen atoms in total. The van der Waals surface area contributed by atoms with Crippen molar-refractivity contribution in [1.82, 2.24) is 9.97 Å². The van der Waals surface area contributed by atoms with Crippen LogP contribution in [0.15, 0.2) is 16.8 Å². The normalized spacial score (nSPS) is 17.9. The predicted octanol–water partition coefficient (Wildman–Crippen LogP) is 1.44. The lowest BCUT2D eigenvalue weighted by Gasteiger charge is -1.90. The maximum atomic E-state index is 11.2. The number of hydrogen-bond donors (Lipinski definition) is 0. The quantitative estimate of drug-likeness (QED) is 0.653. The number of ketones is 1. The molecule has 1 heterocycles. The summed E-state index contributed by atoms with van der Waals surface area (Å²) in [5, 5.41) is 0. The zero-order chi connectivity index (χ0) is 11.8. The lowest BCUT2D eigenvalue weighted by Crippen LogP contribution is -1.98. The molecule has 0 amide bonds. The summed E-state index contributed by atoms with van der Waals surface area (Å²) in [4.78, 5) is 18.0. The van der Waals surface area contributed by atoms with Crippen molar-refractivity contribution in [3.63, 3.8) is 0 Å². The molecule has 0 saturated carbocycles. The van der Waals surface area contributed by atoms with Crippen LogP contribution < -0.4 is 0 Å². The smallest absolute Gasteiger partial charge is 0.196 e. The van der Waals surface area contributed by atoms with Gasteiger partial charge in [-0.2, -0.15) is 0 Å². The third-order valence-electron chi connectivity index (χ3n) is 0.723. The number of halogens is 1. The largest absolute Gasteiger partial charge is 0.291 e. The summed E-state index contributed by atoms with van der Waals surface area (Å²) in [5.74, 6) is -1.90. The van der Waals surface area contributed by atoms with E-state index in [1.807, 2.05) is 0 Å². The third-order valence-corrected chi connectivity index (χ3v) is 1.08. The van der Waals surface area contributed by atoms with Crippen molar-refractivity contribution < 1.29 is 11.6 Å². The molecule has 0 saturated heterocycles. The number of Topliss-reactive ketones (excluding diaryl/α,β-unsaturated/α-hetero) is 1. The summed E-state index contributed by atoms with van der Waals surface area (Å²) in [6.07, 6.45) is -0.773. The molecule has 0 N–H and O–H groups in total. The van der Waals surface area contributed by atoms with Gasteiger partial charge in [-0.25, -0.2) is 9.97 Å². The molecule has 0 unspecified atom stereocenters. The number of hydrogen-bond acceptors (Lipinski definition) is 3. The number of rotatable bonds is 1. The van der Waals surface area contributed by atoms with E-state index in [1.165, 1.54) is 0 Å². The van der Waals surface area contributed by atoms with E-state index >= 15 is 0 Å². The first-order chi connectivity index (χ1) is 6.73. The van der Waals surface area contributed by atoms with Crippen LogP contribution in [0.4, 0.5) is 0 Å². The fraction of sp³-hybridized carbons (Fsp3) is 0.167. The number of aromatic nitrogens is 2. The summed E-state index contributed by atoms with van der Waals surface area (Å²) in [7, 11) is 0. The van der Waals surface area contributed by atoms with E-state index in [0.717, 1.165) is 0 Å². The van der Waals surface area contributed by atoms with E-state index in [4.69, 9.17) is 6.85 Å². The number of carbonyl (C=O) groups excluding carboxylic acids is 1. The molecule has 0 bridgehead atoms. The van der Waals surface area contributed by atoms with E-state index in [0.29, 0.717) is 0 Å². The number of carbonyl (C=O) groups is 1. The molecular weight excluding hydrogens is 196 g/mol. The van der Waals surface area contributed by atoms with E-state index in [-0.39, 0.29) is 16.8 Å². The molecule has 0 fully saturated rings. The molecule has 0 spiro atoms. The third kappa shape index (κ3) is 1.60. The van der Waals surface area contributed by atoms with Gasteiger partial charge in [-0.15, -0.1) is 0 Å². The Morgan fingerprint density at radius 3 is 2.90 bits per heavy atom. The van der Waals surface area contributed by atoms with Crippen molar-refractivity contribution in [2.24, 2.45) is 0 Å². The molecule has 1 aromatic rings. The lowest BCUT2D eigenvalue weighted by atomic mass is 10.4. The molecule has 1 rings (SSSR count). The van der Waals surface area contributed by atoms with E-state index < -0.39 is 18.5 Å². The highest BCUT2D eigenvalue weighted by Gasteiger charge is 1.99. The minimum absolute atomic E-state index is 0.0181. The van der Waals surface area contributed by atoms with Crippen LogP contribution in [0.1, 0.15) is 24.3 Å². The van der Waals surface area contributed by atoms with Crippen molar-refractivity contribution in [3.8, 4) is 0 Å². The van der Waals surface area contributed by atoms with Gasteiger partial charge in [-0.05, 0) is 15.9 Å². The van der Waals surface area contributed by atoms with Crippen LogP contribution in [0.2, 0.25) is 0 Å². The van der Waals surface area contributed by atoms with Gasteiger partial charge in [0.1, 0.15) is 0 Å². The summed E-state index contributed by atoms with van der Waals surface area (Å²) in [6, 6.07) is 0. The fourth-order valence-corrected chi connectivity index (χ4v) is 0.533. The van der Waals surface area contributed by atoms with Crippen LogP contribution in [0, 0.1) is 0 Å². The molecule has 0 aliphatic carbocycles. The van der Waals surface area contributed by atoms with Gasteiger partial charge in [0.2, 0.25) is 0 Å². The Morgan fingerprint density at radius 1 is 1.80 bits per heavy atom. The second-order valence-corrected chi connectivity index (χ2v) is 2.21.